The lowest BCUT2D eigenvalue weighted by atomic mass is 10.2. The summed E-state index contributed by atoms with van der Waals surface area (Å²) in [6.07, 6.45) is 4.76. The lowest BCUT2D eigenvalue weighted by molar-refractivity contribution is 0.694. The molecule has 0 atom stereocenters. The molecule has 0 spiro atoms. The summed E-state index contributed by atoms with van der Waals surface area (Å²) < 4.78 is 2.20. The van der Waals surface area contributed by atoms with E-state index in [1.807, 2.05) is 18.5 Å². The second kappa shape index (κ2) is 9.92. The van der Waals surface area contributed by atoms with E-state index < -0.39 is 0 Å². The van der Waals surface area contributed by atoms with Crippen molar-refractivity contribution < 1.29 is 0 Å². The SMILES string of the molecule is CCNC(=NCc1ccc(C)s1)NCCc1nccn1Cc1ccccc1. The van der Waals surface area contributed by atoms with Crippen LogP contribution in [-0.2, 0) is 19.5 Å². The number of aliphatic imine (C=N–C) groups is 1. The first kappa shape index (κ1) is 19.2. The van der Waals surface area contributed by atoms with Crippen molar-refractivity contribution >= 4 is 17.3 Å². The van der Waals surface area contributed by atoms with E-state index in [9.17, 15) is 0 Å². The van der Waals surface area contributed by atoms with Crippen LogP contribution in [0.25, 0.3) is 0 Å². The molecule has 0 amide bonds. The first-order valence-corrected chi connectivity index (χ1v) is 10.2. The molecule has 0 unspecified atom stereocenters. The maximum absolute atomic E-state index is 4.68. The number of rotatable bonds is 8. The molecule has 3 aromatic rings. The van der Waals surface area contributed by atoms with Crippen molar-refractivity contribution in [2.75, 3.05) is 13.1 Å². The van der Waals surface area contributed by atoms with E-state index in [2.05, 4.69) is 75.4 Å². The summed E-state index contributed by atoms with van der Waals surface area (Å²) in [5.74, 6) is 1.93. The van der Waals surface area contributed by atoms with Crippen LogP contribution in [0.1, 0.15) is 28.1 Å². The topological polar surface area (TPSA) is 54.2 Å². The van der Waals surface area contributed by atoms with Gasteiger partial charge in [-0.1, -0.05) is 30.3 Å². The molecule has 0 saturated carbocycles. The molecule has 3 rings (SSSR count). The Morgan fingerprint density at radius 2 is 2.00 bits per heavy atom. The second-order valence-corrected chi connectivity index (χ2v) is 7.71. The predicted molar refractivity (Wildman–Crippen MR) is 113 cm³/mol. The van der Waals surface area contributed by atoms with Gasteiger partial charge in [0.2, 0.25) is 0 Å². The molecule has 0 aliphatic heterocycles. The lowest BCUT2D eigenvalue weighted by Crippen LogP contribution is -2.38. The number of nitrogens with zero attached hydrogens (tertiary/aromatic N) is 3. The fourth-order valence-corrected chi connectivity index (χ4v) is 3.67. The Bertz CT molecular complexity index is 850. The summed E-state index contributed by atoms with van der Waals surface area (Å²) >= 11 is 1.80. The predicted octanol–water partition coefficient (Wildman–Crippen LogP) is 3.60. The highest BCUT2D eigenvalue weighted by Crippen LogP contribution is 2.15. The van der Waals surface area contributed by atoms with Crippen LogP contribution in [0.5, 0.6) is 0 Å². The monoisotopic (exact) mass is 381 g/mol. The number of hydrogen-bond donors (Lipinski definition) is 2. The van der Waals surface area contributed by atoms with E-state index in [1.165, 1.54) is 15.3 Å². The fraction of sp³-hybridized carbons (Fsp3) is 0.333. The zero-order valence-corrected chi connectivity index (χ0v) is 16.8. The summed E-state index contributed by atoms with van der Waals surface area (Å²) in [4.78, 5) is 11.8. The first-order chi connectivity index (χ1) is 13.2. The Labute approximate surface area is 165 Å². The van der Waals surface area contributed by atoms with Crippen molar-refractivity contribution in [2.45, 2.75) is 33.4 Å². The minimum atomic E-state index is 0.705. The van der Waals surface area contributed by atoms with E-state index >= 15 is 0 Å². The first-order valence-electron chi connectivity index (χ1n) is 9.36. The molecule has 0 radical (unpaired) electrons. The largest absolute Gasteiger partial charge is 0.357 e. The minimum Gasteiger partial charge on any atom is -0.357 e. The van der Waals surface area contributed by atoms with Crippen molar-refractivity contribution in [3.8, 4) is 0 Å². The molecule has 6 heteroatoms. The average Bonchev–Trinajstić information content (AvgIpc) is 3.29. The Morgan fingerprint density at radius 3 is 2.74 bits per heavy atom. The van der Waals surface area contributed by atoms with Gasteiger partial charge in [0.25, 0.3) is 0 Å². The third-order valence-electron chi connectivity index (χ3n) is 4.17. The molecule has 0 aliphatic carbocycles. The number of aromatic nitrogens is 2. The fourth-order valence-electron chi connectivity index (χ4n) is 2.85. The van der Waals surface area contributed by atoms with Gasteiger partial charge in [0.15, 0.2) is 5.96 Å². The molecular weight excluding hydrogens is 354 g/mol. The molecule has 0 fully saturated rings. The van der Waals surface area contributed by atoms with Gasteiger partial charge >= 0.3 is 0 Å². The standard InChI is InChI=1S/C21H27N5S/c1-3-22-21(25-15-19-10-9-17(2)27-19)24-12-11-20-23-13-14-26(20)16-18-7-5-4-6-8-18/h4-10,13-14H,3,11-12,15-16H2,1-2H3,(H2,22,24,25). The van der Waals surface area contributed by atoms with Gasteiger partial charge in [-0.3, -0.25) is 0 Å². The highest BCUT2D eigenvalue weighted by Gasteiger charge is 2.05. The molecule has 1 aromatic carbocycles. The van der Waals surface area contributed by atoms with E-state index in [1.54, 1.807) is 11.3 Å². The molecule has 0 bridgehead atoms. The molecule has 5 nitrogen and oxygen atoms in total. The molecule has 2 aromatic heterocycles. The quantitative estimate of drug-likeness (QED) is 0.463. The van der Waals surface area contributed by atoms with Crippen LogP contribution in [0.15, 0.2) is 59.9 Å². The third-order valence-corrected chi connectivity index (χ3v) is 5.16. The van der Waals surface area contributed by atoms with Crippen LogP contribution in [-0.4, -0.2) is 28.6 Å². The van der Waals surface area contributed by atoms with Crippen molar-refractivity contribution in [3.63, 3.8) is 0 Å². The van der Waals surface area contributed by atoms with E-state index in [4.69, 9.17) is 0 Å². The van der Waals surface area contributed by atoms with Gasteiger partial charge in [0, 0.05) is 48.2 Å². The van der Waals surface area contributed by atoms with Crippen LogP contribution in [0.2, 0.25) is 0 Å². The summed E-state index contributed by atoms with van der Waals surface area (Å²) in [5, 5.41) is 6.73. The zero-order chi connectivity index (χ0) is 18.9. The van der Waals surface area contributed by atoms with Gasteiger partial charge < -0.3 is 15.2 Å². The van der Waals surface area contributed by atoms with E-state index in [0.29, 0.717) is 6.54 Å². The number of thiophene rings is 1. The number of imidazole rings is 1. The summed E-state index contributed by atoms with van der Waals surface area (Å²) in [7, 11) is 0. The number of hydrogen-bond acceptors (Lipinski definition) is 3. The smallest absolute Gasteiger partial charge is 0.191 e. The van der Waals surface area contributed by atoms with Gasteiger partial charge in [-0.15, -0.1) is 11.3 Å². The highest BCUT2D eigenvalue weighted by atomic mass is 32.1. The van der Waals surface area contributed by atoms with Gasteiger partial charge in [-0.05, 0) is 31.5 Å². The molecule has 2 N–H and O–H groups in total. The maximum Gasteiger partial charge on any atom is 0.191 e. The normalized spacial score (nSPS) is 11.6. The maximum atomic E-state index is 4.68. The van der Waals surface area contributed by atoms with E-state index in [-0.39, 0.29) is 0 Å². The van der Waals surface area contributed by atoms with Crippen LogP contribution in [0, 0.1) is 6.92 Å². The van der Waals surface area contributed by atoms with Crippen molar-refractivity contribution in [2.24, 2.45) is 4.99 Å². The Kier molecular flexibility index (Phi) is 7.04. The zero-order valence-electron chi connectivity index (χ0n) is 16.0. The van der Waals surface area contributed by atoms with Gasteiger partial charge in [0.1, 0.15) is 5.82 Å². The summed E-state index contributed by atoms with van der Waals surface area (Å²) in [6.45, 7) is 7.40. The third kappa shape index (κ3) is 5.96. The molecule has 0 saturated heterocycles. The van der Waals surface area contributed by atoms with Gasteiger partial charge in [-0.25, -0.2) is 9.98 Å². The lowest BCUT2D eigenvalue weighted by Gasteiger charge is -2.12. The van der Waals surface area contributed by atoms with Crippen molar-refractivity contribution in [1.82, 2.24) is 20.2 Å². The molecule has 142 valence electrons. The number of benzene rings is 1. The average molecular weight is 382 g/mol. The van der Waals surface area contributed by atoms with Gasteiger partial charge in [-0.2, -0.15) is 0 Å². The number of guanidine groups is 1. The molecule has 0 aliphatic rings. The number of nitrogens with one attached hydrogen (secondary N) is 2. The van der Waals surface area contributed by atoms with Crippen molar-refractivity contribution in [1.29, 1.82) is 0 Å². The van der Waals surface area contributed by atoms with Crippen LogP contribution < -0.4 is 10.6 Å². The molecule has 27 heavy (non-hydrogen) atoms. The molecular formula is C21H27N5S. The second-order valence-electron chi connectivity index (χ2n) is 6.34. The molecule has 2 heterocycles. The van der Waals surface area contributed by atoms with E-state index in [0.717, 1.165) is 37.8 Å². The Morgan fingerprint density at radius 1 is 1.15 bits per heavy atom. The number of aryl methyl sites for hydroxylation is 1. The van der Waals surface area contributed by atoms with Crippen LogP contribution >= 0.6 is 11.3 Å². The Balaban J connectivity index is 1.53. The minimum absolute atomic E-state index is 0.705. The van der Waals surface area contributed by atoms with Crippen molar-refractivity contribution in [3.05, 3.63) is 76.0 Å². The summed E-state index contributed by atoms with van der Waals surface area (Å²) in [5.41, 5.74) is 1.28. The van der Waals surface area contributed by atoms with Crippen LogP contribution in [0.3, 0.4) is 0 Å². The summed E-state index contributed by atoms with van der Waals surface area (Å²) in [6, 6.07) is 14.8. The Hall–Kier alpha value is -2.60. The van der Waals surface area contributed by atoms with Crippen LogP contribution in [0.4, 0.5) is 0 Å². The highest BCUT2D eigenvalue weighted by molar-refractivity contribution is 7.11. The van der Waals surface area contributed by atoms with Gasteiger partial charge in [0.05, 0.1) is 6.54 Å².